The monoisotopic (exact) mass is 286 g/mol. The number of rotatable bonds is 5. The molecule has 21 heavy (non-hydrogen) atoms. The molecule has 2 atom stereocenters. The minimum atomic E-state index is 0.779. The highest BCUT2D eigenvalue weighted by atomic mass is 15.1. The molecule has 0 saturated heterocycles. The predicted molar refractivity (Wildman–Crippen MR) is 91.0 cm³/mol. The molecule has 2 heteroatoms. The molecular weight excluding hydrogens is 256 g/mol. The number of para-hydroxylation sites is 1. The van der Waals surface area contributed by atoms with Gasteiger partial charge in [-0.3, -0.25) is 0 Å². The van der Waals surface area contributed by atoms with Gasteiger partial charge in [-0.25, -0.2) is 0 Å². The van der Waals surface area contributed by atoms with Crippen LogP contribution in [0.25, 0.3) is 0 Å². The van der Waals surface area contributed by atoms with Crippen molar-refractivity contribution in [2.75, 3.05) is 24.5 Å². The molecule has 2 unspecified atom stereocenters. The van der Waals surface area contributed by atoms with Crippen molar-refractivity contribution in [3.63, 3.8) is 0 Å². The lowest BCUT2D eigenvalue weighted by Gasteiger charge is -2.21. The van der Waals surface area contributed by atoms with E-state index in [0.717, 1.165) is 12.0 Å². The van der Waals surface area contributed by atoms with E-state index in [1.165, 1.54) is 75.8 Å². The van der Waals surface area contributed by atoms with Gasteiger partial charge in [0.15, 0.2) is 0 Å². The minimum Gasteiger partial charge on any atom is -0.371 e. The number of nitrogens with zero attached hydrogens (tertiary/aromatic N) is 1. The van der Waals surface area contributed by atoms with Crippen LogP contribution in [0.1, 0.15) is 51.0 Å². The van der Waals surface area contributed by atoms with E-state index in [1.54, 1.807) is 0 Å². The van der Waals surface area contributed by atoms with E-state index in [1.807, 2.05) is 0 Å². The van der Waals surface area contributed by atoms with Crippen LogP contribution in [0.15, 0.2) is 24.3 Å². The molecule has 0 amide bonds. The third-order valence-corrected chi connectivity index (χ3v) is 5.28. The highest BCUT2D eigenvalue weighted by molar-refractivity contribution is 5.57. The van der Waals surface area contributed by atoms with E-state index >= 15 is 0 Å². The summed E-state index contributed by atoms with van der Waals surface area (Å²) >= 11 is 0. The van der Waals surface area contributed by atoms with Gasteiger partial charge in [0.1, 0.15) is 0 Å². The summed E-state index contributed by atoms with van der Waals surface area (Å²) in [6, 6.07) is 9.67. The van der Waals surface area contributed by atoms with E-state index in [9.17, 15) is 0 Å². The third kappa shape index (κ3) is 4.00. The van der Waals surface area contributed by atoms with E-state index < -0.39 is 0 Å². The van der Waals surface area contributed by atoms with Gasteiger partial charge >= 0.3 is 0 Å². The number of benzene rings is 1. The van der Waals surface area contributed by atoms with Gasteiger partial charge in [-0.2, -0.15) is 0 Å². The summed E-state index contributed by atoms with van der Waals surface area (Å²) in [4.78, 5) is 2.56. The molecule has 0 aromatic heterocycles. The largest absolute Gasteiger partial charge is 0.371 e. The third-order valence-electron chi connectivity index (χ3n) is 5.28. The summed E-state index contributed by atoms with van der Waals surface area (Å²) in [6.45, 7) is 6.00. The average molecular weight is 286 g/mol. The highest BCUT2D eigenvalue weighted by Crippen LogP contribution is 2.27. The molecule has 1 heterocycles. The zero-order valence-electron chi connectivity index (χ0n) is 13.5. The molecule has 1 aliphatic heterocycles. The summed E-state index contributed by atoms with van der Waals surface area (Å²) in [7, 11) is 0. The van der Waals surface area contributed by atoms with E-state index in [4.69, 9.17) is 0 Å². The summed E-state index contributed by atoms with van der Waals surface area (Å²) in [5, 5.41) is 3.80. The number of fused-ring (bicyclic) bond motifs is 1. The summed E-state index contributed by atoms with van der Waals surface area (Å²) in [5.41, 5.74) is 3.00. The van der Waals surface area contributed by atoms with Crippen LogP contribution in [0.3, 0.4) is 0 Å². The average Bonchev–Trinajstić information content (AvgIpc) is 2.80. The van der Waals surface area contributed by atoms with Gasteiger partial charge in [-0.05, 0) is 56.2 Å². The second-order valence-corrected chi connectivity index (χ2v) is 6.98. The van der Waals surface area contributed by atoms with Crippen LogP contribution < -0.4 is 10.2 Å². The Bertz CT molecular complexity index is 443. The molecule has 2 aliphatic rings. The first-order valence-corrected chi connectivity index (χ1v) is 8.89. The smallest absolute Gasteiger partial charge is 0.0399 e. The molecule has 2 nitrogen and oxygen atoms in total. The van der Waals surface area contributed by atoms with Crippen LogP contribution in [-0.2, 0) is 6.42 Å². The van der Waals surface area contributed by atoms with Gasteiger partial charge in [-0.15, -0.1) is 0 Å². The van der Waals surface area contributed by atoms with Gasteiger partial charge in [0.25, 0.3) is 0 Å². The molecule has 1 fully saturated rings. The standard InChI is InChI=1S/C19H30N2/c1-16-6-4-8-18(11-10-16)20-13-5-14-21-15-12-17-7-2-3-9-19(17)21/h2-3,7,9,16,18,20H,4-6,8,10-15H2,1H3. The second kappa shape index (κ2) is 7.31. The molecule has 1 aromatic rings. The maximum Gasteiger partial charge on any atom is 0.0399 e. The Labute approximate surface area is 129 Å². The van der Waals surface area contributed by atoms with Crippen molar-refractivity contribution in [3.05, 3.63) is 29.8 Å². The van der Waals surface area contributed by atoms with Crippen molar-refractivity contribution in [1.82, 2.24) is 5.32 Å². The molecular formula is C19H30N2. The maximum absolute atomic E-state index is 3.80. The van der Waals surface area contributed by atoms with Crippen LogP contribution in [0.4, 0.5) is 5.69 Å². The first-order valence-electron chi connectivity index (χ1n) is 8.89. The number of hydrogen-bond donors (Lipinski definition) is 1. The topological polar surface area (TPSA) is 15.3 Å². The quantitative estimate of drug-likeness (QED) is 0.650. The molecule has 1 aliphatic carbocycles. The first-order chi connectivity index (χ1) is 10.3. The van der Waals surface area contributed by atoms with Gasteiger partial charge in [0.05, 0.1) is 0 Å². The Kier molecular flexibility index (Phi) is 5.18. The molecule has 1 saturated carbocycles. The van der Waals surface area contributed by atoms with Crippen molar-refractivity contribution in [2.45, 2.75) is 57.9 Å². The van der Waals surface area contributed by atoms with Crippen LogP contribution >= 0.6 is 0 Å². The van der Waals surface area contributed by atoms with Crippen molar-refractivity contribution >= 4 is 5.69 Å². The lowest BCUT2D eigenvalue weighted by Crippen LogP contribution is -2.32. The fourth-order valence-electron chi connectivity index (χ4n) is 3.91. The van der Waals surface area contributed by atoms with Gasteiger partial charge in [0, 0.05) is 24.8 Å². The normalized spacial score (nSPS) is 25.7. The van der Waals surface area contributed by atoms with E-state index in [-0.39, 0.29) is 0 Å². The second-order valence-electron chi connectivity index (χ2n) is 6.98. The molecule has 0 radical (unpaired) electrons. The SMILES string of the molecule is CC1CCCC(NCCCN2CCc3ccccc32)CC1. The first kappa shape index (κ1) is 14.9. The Hall–Kier alpha value is -1.02. The van der Waals surface area contributed by atoms with Crippen molar-refractivity contribution in [3.8, 4) is 0 Å². The fourth-order valence-corrected chi connectivity index (χ4v) is 3.91. The van der Waals surface area contributed by atoms with Crippen LogP contribution in [-0.4, -0.2) is 25.7 Å². The van der Waals surface area contributed by atoms with Crippen molar-refractivity contribution in [1.29, 1.82) is 0 Å². The van der Waals surface area contributed by atoms with Crippen LogP contribution in [0, 0.1) is 5.92 Å². The van der Waals surface area contributed by atoms with Crippen LogP contribution in [0.5, 0.6) is 0 Å². The Morgan fingerprint density at radius 3 is 3.00 bits per heavy atom. The van der Waals surface area contributed by atoms with Gasteiger partial charge in [-0.1, -0.05) is 38.0 Å². The Morgan fingerprint density at radius 1 is 1.14 bits per heavy atom. The Balaban J connectivity index is 1.37. The Morgan fingerprint density at radius 2 is 2.05 bits per heavy atom. The molecule has 116 valence electrons. The van der Waals surface area contributed by atoms with Crippen LogP contribution in [0.2, 0.25) is 0 Å². The molecule has 1 N–H and O–H groups in total. The van der Waals surface area contributed by atoms with Crippen molar-refractivity contribution in [2.24, 2.45) is 5.92 Å². The molecule has 0 bridgehead atoms. The number of hydrogen-bond acceptors (Lipinski definition) is 2. The zero-order chi connectivity index (χ0) is 14.5. The summed E-state index contributed by atoms with van der Waals surface area (Å²) in [6.07, 6.45) is 9.52. The molecule has 3 rings (SSSR count). The van der Waals surface area contributed by atoms with Gasteiger partial charge in [0.2, 0.25) is 0 Å². The fraction of sp³-hybridized carbons (Fsp3) is 0.684. The molecule has 1 aromatic carbocycles. The summed E-state index contributed by atoms with van der Waals surface area (Å²) < 4.78 is 0. The molecule has 0 spiro atoms. The van der Waals surface area contributed by atoms with E-state index in [0.29, 0.717) is 0 Å². The lowest BCUT2D eigenvalue weighted by molar-refractivity contribution is 0.445. The minimum absolute atomic E-state index is 0.779. The van der Waals surface area contributed by atoms with Crippen molar-refractivity contribution < 1.29 is 0 Å². The number of nitrogens with one attached hydrogen (secondary N) is 1. The van der Waals surface area contributed by atoms with E-state index in [2.05, 4.69) is 41.4 Å². The maximum atomic E-state index is 3.80. The lowest BCUT2D eigenvalue weighted by atomic mass is 10.0. The number of anilines is 1. The summed E-state index contributed by atoms with van der Waals surface area (Å²) in [5.74, 6) is 0.943. The predicted octanol–water partition coefficient (Wildman–Crippen LogP) is 4.00. The highest BCUT2D eigenvalue weighted by Gasteiger charge is 2.18. The van der Waals surface area contributed by atoms with Gasteiger partial charge < -0.3 is 10.2 Å². The zero-order valence-corrected chi connectivity index (χ0v) is 13.5.